The number of unbranched alkanes of at least 4 members (excludes halogenated alkanes) is 2. The smallest absolute Gasteiger partial charge is 0.434 e. The minimum absolute atomic E-state index is 0.271. The lowest BCUT2D eigenvalue weighted by Crippen LogP contribution is -2.71. The van der Waals surface area contributed by atoms with Gasteiger partial charge in [0.1, 0.15) is 0 Å². The number of esters is 1. The normalized spacial score (nSPS) is 28.3. The van der Waals surface area contributed by atoms with Gasteiger partial charge in [-0.25, -0.2) is 9.59 Å². The van der Waals surface area contributed by atoms with E-state index in [4.69, 9.17) is 9.57 Å². The van der Waals surface area contributed by atoms with E-state index >= 15 is 0 Å². The summed E-state index contributed by atoms with van der Waals surface area (Å²) in [7, 11) is 0. The molecule has 21 heavy (non-hydrogen) atoms. The monoisotopic (exact) mass is 289 g/mol. The molecule has 2 unspecified atom stereocenters. The van der Waals surface area contributed by atoms with Gasteiger partial charge in [-0.05, 0) is 12.0 Å². The second-order valence-electron chi connectivity index (χ2n) is 5.69. The van der Waals surface area contributed by atoms with Crippen molar-refractivity contribution < 1.29 is 19.2 Å². The molecule has 2 saturated heterocycles. The molecule has 5 nitrogen and oxygen atoms in total. The van der Waals surface area contributed by atoms with Crippen LogP contribution in [0.4, 0.5) is 0 Å². The van der Waals surface area contributed by atoms with Gasteiger partial charge in [-0.2, -0.15) is 0 Å². The zero-order valence-corrected chi connectivity index (χ0v) is 12.1. The number of ether oxygens (including phenoxy) is 1. The molecule has 112 valence electrons. The van der Waals surface area contributed by atoms with Crippen molar-refractivity contribution in [3.63, 3.8) is 0 Å². The number of nitrogens with zero attached hydrogens (tertiary/aromatic N) is 1. The highest BCUT2D eigenvalue weighted by Crippen LogP contribution is 2.46. The van der Waals surface area contributed by atoms with Gasteiger partial charge in [0.25, 0.3) is 0 Å². The number of hydrogen-bond acceptors (Lipinski definition) is 5. The minimum Gasteiger partial charge on any atom is -0.434 e. The molecule has 0 saturated carbocycles. The molecule has 0 N–H and O–H groups in total. The van der Waals surface area contributed by atoms with Crippen LogP contribution in [0.3, 0.4) is 0 Å². The number of carbonyl (C=O) groups excluding carboxylic acids is 2. The molecule has 0 aromatic heterocycles. The first kappa shape index (κ1) is 14.1. The van der Waals surface area contributed by atoms with Crippen LogP contribution in [0.5, 0.6) is 0 Å². The predicted molar refractivity (Wildman–Crippen MR) is 74.9 cm³/mol. The summed E-state index contributed by atoms with van der Waals surface area (Å²) in [6.07, 6.45) is 3.74. The molecular formula is C16H19NO4. The Labute approximate surface area is 123 Å². The average Bonchev–Trinajstić information content (AvgIpc) is 2.50. The topological polar surface area (TPSA) is 55.8 Å². The van der Waals surface area contributed by atoms with Gasteiger partial charge < -0.3 is 9.57 Å². The van der Waals surface area contributed by atoms with Crippen molar-refractivity contribution in [3.8, 4) is 0 Å². The van der Waals surface area contributed by atoms with Crippen LogP contribution in [0.15, 0.2) is 30.3 Å². The van der Waals surface area contributed by atoms with Crippen LogP contribution in [0.1, 0.15) is 38.2 Å². The predicted octanol–water partition coefficient (Wildman–Crippen LogP) is 2.16. The number of hydroxylamine groups is 2. The third-order valence-electron chi connectivity index (χ3n) is 4.33. The quantitative estimate of drug-likeness (QED) is 0.472. The summed E-state index contributed by atoms with van der Waals surface area (Å²) in [4.78, 5) is 27.8. The molecule has 2 fully saturated rings. The van der Waals surface area contributed by atoms with Gasteiger partial charge in [-0.3, -0.25) is 0 Å². The van der Waals surface area contributed by atoms with Crippen molar-refractivity contribution in [2.24, 2.45) is 0 Å². The van der Waals surface area contributed by atoms with Gasteiger partial charge in [0, 0.05) is 0 Å². The number of rotatable bonds is 5. The van der Waals surface area contributed by atoms with Gasteiger partial charge >= 0.3 is 11.9 Å². The molecular weight excluding hydrogens is 270 g/mol. The van der Waals surface area contributed by atoms with Gasteiger partial charge in [0.05, 0.1) is 12.0 Å². The SMILES string of the molecule is CCCCCC1(c2ccccc2)CN2OC(=O)C(=O)OC21. The van der Waals surface area contributed by atoms with Crippen LogP contribution < -0.4 is 0 Å². The number of carbonyl (C=O) groups is 2. The van der Waals surface area contributed by atoms with Crippen molar-refractivity contribution in [1.29, 1.82) is 0 Å². The number of hydrogen-bond donors (Lipinski definition) is 0. The van der Waals surface area contributed by atoms with Crippen molar-refractivity contribution in [2.75, 3.05) is 6.54 Å². The molecule has 2 atom stereocenters. The maximum absolute atomic E-state index is 11.5. The molecule has 3 rings (SSSR count). The van der Waals surface area contributed by atoms with E-state index in [1.54, 1.807) is 0 Å². The van der Waals surface area contributed by atoms with E-state index in [-0.39, 0.29) is 5.41 Å². The number of fused-ring (bicyclic) bond motifs is 1. The third kappa shape index (κ3) is 2.31. The highest BCUT2D eigenvalue weighted by molar-refractivity contribution is 6.30. The van der Waals surface area contributed by atoms with E-state index in [2.05, 4.69) is 6.92 Å². The minimum atomic E-state index is -0.929. The summed E-state index contributed by atoms with van der Waals surface area (Å²) in [6, 6.07) is 10.0. The van der Waals surface area contributed by atoms with Crippen molar-refractivity contribution >= 4 is 11.9 Å². The Morgan fingerprint density at radius 3 is 2.67 bits per heavy atom. The van der Waals surface area contributed by atoms with Crippen molar-refractivity contribution in [1.82, 2.24) is 5.06 Å². The van der Waals surface area contributed by atoms with Crippen LogP contribution in [0, 0.1) is 0 Å². The van der Waals surface area contributed by atoms with Crippen LogP contribution in [0.25, 0.3) is 0 Å². The maximum Gasteiger partial charge on any atom is 0.436 e. The molecule has 0 aliphatic carbocycles. The Morgan fingerprint density at radius 2 is 1.95 bits per heavy atom. The lowest BCUT2D eigenvalue weighted by Gasteiger charge is -2.55. The van der Waals surface area contributed by atoms with Crippen LogP contribution in [-0.2, 0) is 24.6 Å². The van der Waals surface area contributed by atoms with Gasteiger partial charge in [-0.1, -0.05) is 61.6 Å². The fraction of sp³-hybridized carbons (Fsp3) is 0.500. The highest BCUT2D eigenvalue weighted by Gasteiger charge is 2.60. The Morgan fingerprint density at radius 1 is 1.19 bits per heavy atom. The van der Waals surface area contributed by atoms with E-state index in [1.165, 1.54) is 5.06 Å². The van der Waals surface area contributed by atoms with Crippen LogP contribution in [-0.4, -0.2) is 29.8 Å². The molecule has 1 aromatic rings. The Balaban J connectivity index is 1.85. The summed E-state index contributed by atoms with van der Waals surface area (Å²) < 4.78 is 5.31. The third-order valence-corrected chi connectivity index (χ3v) is 4.33. The lowest BCUT2D eigenvalue weighted by molar-refractivity contribution is -0.333. The van der Waals surface area contributed by atoms with Crippen LogP contribution in [0.2, 0.25) is 0 Å². The van der Waals surface area contributed by atoms with E-state index < -0.39 is 18.2 Å². The zero-order valence-electron chi connectivity index (χ0n) is 12.1. The molecule has 0 bridgehead atoms. The average molecular weight is 289 g/mol. The number of benzene rings is 1. The summed E-state index contributed by atoms with van der Waals surface area (Å²) >= 11 is 0. The molecule has 2 heterocycles. The van der Waals surface area contributed by atoms with E-state index in [0.717, 1.165) is 31.2 Å². The first-order valence-corrected chi connectivity index (χ1v) is 7.42. The molecule has 1 aromatic carbocycles. The van der Waals surface area contributed by atoms with Gasteiger partial charge in [-0.15, -0.1) is 0 Å². The summed E-state index contributed by atoms with van der Waals surface area (Å²) in [5.74, 6) is -1.83. The van der Waals surface area contributed by atoms with Crippen molar-refractivity contribution in [2.45, 2.75) is 44.2 Å². The van der Waals surface area contributed by atoms with Gasteiger partial charge in [0.2, 0.25) is 0 Å². The summed E-state index contributed by atoms with van der Waals surface area (Å²) in [5, 5.41) is 1.47. The van der Waals surface area contributed by atoms with Crippen LogP contribution >= 0.6 is 0 Å². The van der Waals surface area contributed by atoms with E-state index in [0.29, 0.717) is 6.54 Å². The van der Waals surface area contributed by atoms with Gasteiger partial charge in [0.15, 0.2) is 6.23 Å². The van der Waals surface area contributed by atoms with E-state index in [9.17, 15) is 9.59 Å². The summed E-state index contributed by atoms with van der Waals surface area (Å²) in [6.45, 7) is 2.73. The molecule has 0 amide bonds. The highest BCUT2D eigenvalue weighted by atomic mass is 16.8. The summed E-state index contributed by atoms with van der Waals surface area (Å²) in [5.41, 5.74) is 0.861. The van der Waals surface area contributed by atoms with Crippen molar-refractivity contribution in [3.05, 3.63) is 35.9 Å². The Bertz CT molecular complexity index is 544. The second kappa shape index (κ2) is 5.48. The maximum atomic E-state index is 11.5. The first-order chi connectivity index (χ1) is 10.2. The molecule has 2 aliphatic heterocycles. The molecule has 2 aliphatic rings. The molecule has 0 radical (unpaired) electrons. The largest absolute Gasteiger partial charge is 0.436 e. The fourth-order valence-electron chi connectivity index (χ4n) is 3.19. The zero-order chi connectivity index (χ0) is 14.9. The Kier molecular flexibility index (Phi) is 3.68. The van der Waals surface area contributed by atoms with E-state index in [1.807, 2.05) is 30.3 Å². The standard InChI is InChI=1S/C16H19NO4/c1-2-3-7-10-16(12-8-5-4-6-9-12)11-17-15(16)20-13(18)14(19)21-17/h4-6,8-9,15H,2-3,7,10-11H2,1H3. The fourth-order valence-corrected chi connectivity index (χ4v) is 3.19. The second-order valence-corrected chi connectivity index (χ2v) is 5.69. The molecule has 5 heteroatoms. The Hall–Kier alpha value is -1.88. The first-order valence-electron chi connectivity index (χ1n) is 7.42. The lowest BCUT2D eigenvalue weighted by atomic mass is 9.69. The molecule has 0 spiro atoms.